The van der Waals surface area contributed by atoms with Crippen LogP contribution in [0.5, 0.6) is 17.4 Å². The molecule has 25 heavy (non-hydrogen) atoms. The summed E-state index contributed by atoms with van der Waals surface area (Å²) in [5.41, 5.74) is 1.00. The van der Waals surface area contributed by atoms with E-state index in [4.69, 9.17) is 9.47 Å². The first kappa shape index (κ1) is 16.3. The van der Waals surface area contributed by atoms with Gasteiger partial charge in [-0.3, -0.25) is 4.79 Å². The van der Waals surface area contributed by atoms with Gasteiger partial charge in [-0.1, -0.05) is 0 Å². The monoisotopic (exact) mass is 337 g/mol. The topological polar surface area (TPSA) is 99.1 Å². The summed E-state index contributed by atoms with van der Waals surface area (Å²) in [4.78, 5) is 27.9. The van der Waals surface area contributed by atoms with Crippen LogP contribution in [0.15, 0.2) is 49.2 Å². The summed E-state index contributed by atoms with van der Waals surface area (Å²) in [7, 11) is 1.59. The average Bonchev–Trinajstić information content (AvgIpc) is 2.64. The van der Waals surface area contributed by atoms with Gasteiger partial charge in [-0.25, -0.2) is 15.0 Å². The van der Waals surface area contributed by atoms with Gasteiger partial charge in [-0.05, 0) is 24.3 Å². The highest BCUT2D eigenvalue weighted by Crippen LogP contribution is 2.30. The predicted octanol–water partition coefficient (Wildman–Crippen LogP) is 2.69. The Morgan fingerprint density at radius 3 is 2.36 bits per heavy atom. The van der Waals surface area contributed by atoms with Crippen LogP contribution in [0.25, 0.3) is 11.4 Å². The van der Waals surface area contributed by atoms with Crippen molar-refractivity contribution in [2.24, 2.45) is 0 Å². The van der Waals surface area contributed by atoms with Crippen LogP contribution in [-0.4, -0.2) is 33.0 Å². The molecule has 1 aromatic carbocycles. The minimum absolute atomic E-state index is 0.217. The lowest BCUT2D eigenvalue weighted by molar-refractivity contribution is -0.114. The average molecular weight is 337 g/mol. The van der Waals surface area contributed by atoms with E-state index in [0.717, 1.165) is 0 Å². The first-order chi connectivity index (χ1) is 12.2. The van der Waals surface area contributed by atoms with Gasteiger partial charge in [-0.2, -0.15) is 4.98 Å². The number of nitrogens with one attached hydrogen (secondary N) is 1. The molecule has 1 N–H and O–H groups in total. The third-order valence-electron chi connectivity index (χ3n) is 3.16. The molecule has 0 saturated heterocycles. The molecule has 0 aliphatic rings. The van der Waals surface area contributed by atoms with Crippen LogP contribution in [0.3, 0.4) is 0 Å². The largest absolute Gasteiger partial charge is 0.497 e. The Labute approximate surface area is 143 Å². The number of aromatic nitrogens is 4. The first-order valence-electron chi connectivity index (χ1n) is 7.37. The second-order valence-corrected chi connectivity index (χ2v) is 5.00. The summed E-state index contributed by atoms with van der Waals surface area (Å²) in [6.07, 6.45) is 6.09. The lowest BCUT2D eigenvalue weighted by Gasteiger charge is -2.11. The normalized spacial score (nSPS) is 10.2. The van der Waals surface area contributed by atoms with Crippen molar-refractivity contribution < 1.29 is 14.3 Å². The van der Waals surface area contributed by atoms with Gasteiger partial charge in [0.05, 0.1) is 18.9 Å². The molecule has 0 spiro atoms. The Hall–Kier alpha value is -3.55. The molecule has 2 heterocycles. The van der Waals surface area contributed by atoms with E-state index in [0.29, 0.717) is 28.6 Å². The molecule has 3 rings (SSSR count). The number of carbonyl (C=O) groups is 1. The van der Waals surface area contributed by atoms with Gasteiger partial charge in [-0.15, -0.1) is 0 Å². The Morgan fingerprint density at radius 2 is 1.72 bits per heavy atom. The standard InChI is InChI=1S/C17H15N5O3/c1-11(23)21-15-9-20-16(12-7-18-10-19-8-12)22-17(15)25-14-5-3-13(24-2)4-6-14/h3-10H,1-2H3,(H,21,23). The van der Waals surface area contributed by atoms with E-state index in [-0.39, 0.29) is 11.8 Å². The van der Waals surface area contributed by atoms with Gasteiger partial charge < -0.3 is 14.8 Å². The van der Waals surface area contributed by atoms with Crippen molar-refractivity contribution in [1.29, 1.82) is 0 Å². The molecule has 1 amide bonds. The molecular formula is C17H15N5O3. The van der Waals surface area contributed by atoms with Crippen LogP contribution in [0.4, 0.5) is 5.69 Å². The highest BCUT2D eigenvalue weighted by molar-refractivity contribution is 5.90. The van der Waals surface area contributed by atoms with Gasteiger partial charge in [0, 0.05) is 19.3 Å². The number of nitrogens with zero attached hydrogens (tertiary/aromatic N) is 4. The van der Waals surface area contributed by atoms with Gasteiger partial charge >= 0.3 is 0 Å². The smallest absolute Gasteiger partial charge is 0.247 e. The molecule has 0 aliphatic heterocycles. The van der Waals surface area contributed by atoms with E-state index in [1.807, 2.05) is 0 Å². The van der Waals surface area contributed by atoms with Gasteiger partial charge in [0.15, 0.2) is 5.82 Å². The maximum atomic E-state index is 11.4. The van der Waals surface area contributed by atoms with E-state index >= 15 is 0 Å². The zero-order chi connectivity index (χ0) is 17.6. The zero-order valence-corrected chi connectivity index (χ0v) is 13.6. The number of rotatable bonds is 5. The van der Waals surface area contributed by atoms with Crippen LogP contribution in [0.1, 0.15) is 6.92 Å². The molecule has 0 saturated carbocycles. The summed E-state index contributed by atoms with van der Waals surface area (Å²) in [5, 5.41) is 2.65. The molecule has 0 bridgehead atoms. The fraction of sp³-hybridized carbons (Fsp3) is 0.118. The van der Waals surface area contributed by atoms with Crippen LogP contribution in [0, 0.1) is 0 Å². The van der Waals surface area contributed by atoms with Crippen molar-refractivity contribution in [2.45, 2.75) is 6.92 Å². The highest BCUT2D eigenvalue weighted by atomic mass is 16.5. The lowest BCUT2D eigenvalue weighted by atomic mass is 10.3. The fourth-order valence-corrected chi connectivity index (χ4v) is 2.03. The number of ether oxygens (including phenoxy) is 2. The second kappa shape index (κ2) is 7.35. The van der Waals surface area contributed by atoms with Crippen molar-refractivity contribution in [3.8, 4) is 28.8 Å². The van der Waals surface area contributed by atoms with Crippen LogP contribution >= 0.6 is 0 Å². The maximum absolute atomic E-state index is 11.4. The molecule has 0 radical (unpaired) electrons. The van der Waals surface area contributed by atoms with Crippen LogP contribution < -0.4 is 14.8 Å². The SMILES string of the molecule is COc1ccc(Oc2nc(-c3cncnc3)ncc2NC(C)=O)cc1. The molecular weight excluding hydrogens is 322 g/mol. The summed E-state index contributed by atoms with van der Waals surface area (Å²) in [5.74, 6) is 1.60. The van der Waals surface area contributed by atoms with Gasteiger partial charge in [0.1, 0.15) is 23.5 Å². The molecule has 0 unspecified atom stereocenters. The third kappa shape index (κ3) is 4.05. The molecule has 8 nitrogen and oxygen atoms in total. The molecule has 0 atom stereocenters. The van der Waals surface area contributed by atoms with Crippen molar-refractivity contribution >= 4 is 11.6 Å². The van der Waals surface area contributed by atoms with E-state index in [2.05, 4.69) is 25.3 Å². The van der Waals surface area contributed by atoms with Crippen molar-refractivity contribution in [3.05, 3.63) is 49.2 Å². The number of hydrogen-bond donors (Lipinski definition) is 1. The Morgan fingerprint density at radius 1 is 1.04 bits per heavy atom. The molecule has 126 valence electrons. The number of amides is 1. The highest BCUT2D eigenvalue weighted by Gasteiger charge is 2.13. The number of methoxy groups -OCH3 is 1. The molecule has 0 aliphatic carbocycles. The predicted molar refractivity (Wildman–Crippen MR) is 90.4 cm³/mol. The lowest BCUT2D eigenvalue weighted by Crippen LogP contribution is -2.09. The Bertz CT molecular complexity index is 869. The Kier molecular flexibility index (Phi) is 4.79. The number of hydrogen-bond acceptors (Lipinski definition) is 7. The summed E-state index contributed by atoms with van der Waals surface area (Å²) in [6, 6.07) is 7.01. The van der Waals surface area contributed by atoms with E-state index in [1.54, 1.807) is 43.8 Å². The van der Waals surface area contributed by atoms with E-state index in [1.165, 1.54) is 19.4 Å². The van der Waals surface area contributed by atoms with Crippen molar-refractivity contribution in [3.63, 3.8) is 0 Å². The quantitative estimate of drug-likeness (QED) is 0.764. The van der Waals surface area contributed by atoms with Crippen molar-refractivity contribution in [2.75, 3.05) is 12.4 Å². The third-order valence-corrected chi connectivity index (χ3v) is 3.16. The second-order valence-electron chi connectivity index (χ2n) is 5.00. The first-order valence-corrected chi connectivity index (χ1v) is 7.37. The summed E-state index contributed by atoms with van der Waals surface area (Å²) >= 11 is 0. The van der Waals surface area contributed by atoms with Gasteiger partial charge in [0.25, 0.3) is 0 Å². The zero-order valence-electron chi connectivity index (χ0n) is 13.6. The summed E-state index contributed by atoms with van der Waals surface area (Å²) < 4.78 is 10.9. The van der Waals surface area contributed by atoms with Crippen LogP contribution in [0.2, 0.25) is 0 Å². The maximum Gasteiger partial charge on any atom is 0.247 e. The molecule has 3 aromatic rings. The van der Waals surface area contributed by atoms with E-state index < -0.39 is 0 Å². The van der Waals surface area contributed by atoms with Gasteiger partial charge in [0.2, 0.25) is 11.8 Å². The number of benzene rings is 1. The molecule has 2 aromatic heterocycles. The minimum Gasteiger partial charge on any atom is -0.497 e. The number of carbonyl (C=O) groups excluding carboxylic acids is 1. The minimum atomic E-state index is -0.251. The summed E-state index contributed by atoms with van der Waals surface area (Å²) in [6.45, 7) is 1.40. The van der Waals surface area contributed by atoms with Crippen molar-refractivity contribution in [1.82, 2.24) is 19.9 Å². The van der Waals surface area contributed by atoms with Crippen LogP contribution in [-0.2, 0) is 4.79 Å². The molecule has 8 heteroatoms. The fourth-order valence-electron chi connectivity index (χ4n) is 2.03. The van der Waals surface area contributed by atoms with E-state index in [9.17, 15) is 4.79 Å². The number of anilines is 1. The molecule has 0 fully saturated rings. The Balaban J connectivity index is 1.96.